The molecule has 0 spiro atoms. The number of carbonyl (C=O) groups is 3. The second-order valence-corrected chi connectivity index (χ2v) is 10.5. The van der Waals surface area contributed by atoms with Crippen LogP contribution < -0.4 is 14.5 Å². The van der Waals surface area contributed by atoms with E-state index >= 15 is 0 Å². The lowest BCUT2D eigenvalue weighted by molar-refractivity contribution is -0.128. The molecule has 4 rings (SSSR count). The predicted molar refractivity (Wildman–Crippen MR) is 159 cm³/mol. The van der Waals surface area contributed by atoms with Gasteiger partial charge in [0.15, 0.2) is 0 Å². The number of hydrogen-bond donors (Lipinski definition) is 0. The van der Waals surface area contributed by atoms with Gasteiger partial charge in [0.2, 0.25) is 11.8 Å². The van der Waals surface area contributed by atoms with E-state index in [2.05, 4.69) is 0 Å². The topological polar surface area (TPSA) is 70.2 Å². The molecule has 0 saturated heterocycles. The van der Waals surface area contributed by atoms with Crippen molar-refractivity contribution in [3.63, 3.8) is 0 Å². The zero-order valence-electron chi connectivity index (χ0n) is 23.5. The highest BCUT2D eigenvalue weighted by Gasteiger charge is 2.38. The van der Waals surface area contributed by atoms with E-state index < -0.39 is 0 Å². The van der Waals surface area contributed by atoms with Crippen LogP contribution in [0.3, 0.4) is 0 Å². The number of halogens is 1. The molecule has 0 aliphatic carbocycles. The first-order valence-electron chi connectivity index (χ1n) is 13.7. The Morgan fingerprint density at radius 1 is 0.950 bits per heavy atom. The largest absolute Gasteiger partial charge is 0.494 e. The Bertz CT molecular complexity index is 1340. The lowest BCUT2D eigenvalue weighted by Gasteiger charge is -2.43. The van der Waals surface area contributed by atoms with Gasteiger partial charge in [0.1, 0.15) is 5.75 Å². The molecular weight excluding hydrogens is 526 g/mol. The summed E-state index contributed by atoms with van der Waals surface area (Å²) in [5, 5.41) is 0.606. The van der Waals surface area contributed by atoms with Crippen molar-refractivity contribution in [2.45, 2.75) is 52.6 Å². The van der Waals surface area contributed by atoms with Crippen LogP contribution in [0.25, 0.3) is 0 Å². The van der Waals surface area contributed by atoms with Gasteiger partial charge in [-0.3, -0.25) is 14.4 Å². The van der Waals surface area contributed by atoms with Crippen LogP contribution >= 0.6 is 11.6 Å². The van der Waals surface area contributed by atoms with Gasteiger partial charge < -0.3 is 19.4 Å². The zero-order valence-corrected chi connectivity index (χ0v) is 24.2. The van der Waals surface area contributed by atoms with Crippen LogP contribution in [-0.4, -0.2) is 48.4 Å². The van der Waals surface area contributed by atoms with Gasteiger partial charge in [0, 0.05) is 54.9 Å². The maximum atomic E-state index is 13.8. The van der Waals surface area contributed by atoms with Gasteiger partial charge in [-0.1, -0.05) is 29.8 Å². The molecule has 0 radical (unpaired) electrons. The molecule has 8 heteroatoms. The molecule has 0 aromatic heterocycles. The van der Waals surface area contributed by atoms with Gasteiger partial charge in [-0.05, 0) is 86.8 Å². The Hall–Kier alpha value is -3.84. The second kappa shape index (κ2) is 13.0. The number of rotatable bonds is 9. The molecule has 0 bridgehead atoms. The molecule has 1 heterocycles. The Morgan fingerprint density at radius 2 is 1.62 bits per heavy atom. The summed E-state index contributed by atoms with van der Waals surface area (Å²) in [6.07, 6.45) is 1.31. The minimum absolute atomic E-state index is 0.0594. The van der Waals surface area contributed by atoms with Crippen LogP contribution in [0.4, 0.5) is 11.4 Å². The van der Waals surface area contributed by atoms with Crippen LogP contribution in [0.2, 0.25) is 5.02 Å². The SMILES string of the molecule is CCN(CCCOc1ccc(C(=O)N2c3ccccc3[C@H](N(C(C)=O)c3ccc(Cl)cc3)C[C@@H]2C)cc1)C(C)=O. The molecule has 210 valence electrons. The smallest absolute Gasteiger partial charge is 0.258 e. The molecule has 1 aliphatic rings. The molecule has 7 nitrogen and oxygen atoms in total. The number of anilines is 2. The zero-order chi connectivity index (χ0) is 28.8. The van der Waals surface area contributed by atoms with Crippen molar-refractivity contribution in [3.8, 4) is 5.75 Å². The molecule has 3 amide bonds. The van der Waals surface area contributed by atoms with Gasteiger partial charge in [0.05, 0.1) is 12.6 Å². The van der Waals surface area contributed by atoms with Gasteiger partial charge in [-0.25, -0.2) is 0 Å². The standard InChI is InChI=1S/C32H36ClN3O4/c1-5-34(23(3)37)19-8-20-40-28-17-11-25(12-18-28)32(39)35-22(2)21-31(29-9-6-7-10-30(29)35)36(24(4)38)27-15-13-26(33)14-16-27/h6-7,9-18,22,31H,5,8,19-21H2,1-4H3/t22-,31+/m0/s1. The molecular formula is C32H36ClN3O4. The van der Waals surface area contributed by atoms with E-state index in [1.807, 2.05) is 55.1 Å². The van der Waals surface area contributed by atoms with Crippen LogP contribution in [0.1, 0.15) is 62.5 Å². The lowest BCUT2D eigenvalue weighted by atomic mass is 9.89. The summed E-state index contributed by atoms with van der Waals surface area (Å²) < 4.78 is 5.84. The van der Waals surface area contributed by atoms with Crippen molar-refractivity contribution in [2.75, 3.05) is 29.5 Å². The third-order valence-electron chi connectivity index (χ3n) is 7.30. The number of fused-ring (bicyclic) bond motifs is 1. The highest BCUT2D eigenvalue weighted by atomic mass is 35.5. The minimum Gasteiger partial charge on any atom is -0.494 e. The summed E-state index contributed by atoms with van der Waals surface area (Å²) >= 11 is 6.10. The Labute approximate surface area is 241 Å². The number of nitrogens with zero attached hydrogens (tertiary/aromatic N) is 3. The van der Waals surface area contributed by atoms with E-state index in [1.54, 1.807) is 60.0 Å². The maximum Gasteiger partial charge on any atom is 0.258 e. The van der Waals surface area contributed by atoms with E-state index in [-0.39, 0.29) is 29.8 Å². The number of para-hydroxylation sites is 1. The molecule has 2 atom stereocenters. The first-order valence-corrected chi connectivity index (χ1v) is 14.0. The molecule has 0 N–H and O–H groups in total. The van der Waals surface area contributed by atoms with E-state index in [0.717, 1.165) is 23.4 Å². The maximum absolute atomic E-state index is 13.8. The Kier molecular flexibility index (Phi) is 9.48. The first-order chi connectivity index (χ1) is 19.2. The summed E-state index contributed by atoms with van der Waals surface area (Å²) in [6.45, 7) is 8.91. The van der Waals surface area contributed by atoms with Crippen molar-refractivity contribution >= 4 is 40.7 Å². The summed E-state index contributed by atoms with van der Waals surface area (Å²) in [5.41, 5.74) is 3.04. The fourth-order valence-electron chi connectivity index (χ4n) is 5.34. The fraction of sp³-hybridized carbons (Fsp3) is 0.344. The quantitative estimate of drug-likeness (QED) is 0.279. The predicted octanol–water partition coefficient (Wildman–Crippen LogP) is 6.51. The lowest BCUT2D eigenvalue weighted by Crippen LogP contribution is -2.47. The molecule has 1 aliphatic heterocycles. The summed E-state index contributed by atoms with van der Waals surface area (Å²) in [4.78, 5) is 43.6. The minimum atomic E-state index is -0.226. The average molecular weight is 562 g/mol. The highest BCUT2D eigenvalue weighted by Crippen LogP contribution is 2.43. The fourth-order valence-corrected chi connectivity index (χ4v) is 5.46. The average Bonchev–Trinajstić information content (AvgIpc) is 2.94. The van der Waals surface area contributed by atoms with Crippen LogP contribution in [0.5, 0.6) is 5.75 Å². The van der Waals surface area contributed by atoms with E-state index in [0.29, 0.717) is 42.5 Å². The monoisotopic (exact) mass is 561 g/mol. The van der Waals surface area contributed by atoms with E-state index in [4.69, 9.17) is 16.3 Å². The number of benzene rings is 3. The van der Waals surface area contributed by atoms with Crippen molar-refractivity contribution < 1.29 is 19.1 Å². The molecule has 0 saturated carbocycles. The van der Waals surface area contributed by atoms with Gasteiger partial charge in [-0.15, -0.1) is 0 Å². The summed E-state index contributed by atoms with van der Waals surface area (Å²) in [5.74, 6) is 0.554. The highest BCUT2D eigenvalue weighted by molar-refractivity contribution is 6.30. The Morgan fingerprint density at radius 3 is 2.25 bits per heavy atom. The molecule has 0 unspecified atom stereocenters. The Balaban J connectivity index is 1.51. The van der Waals surface area contributed by atoms with Crippen LogP contribution in [0, 0.1) is 0 Å². The third-order valence-corrected chi connectivity index (χ3v) is 7.56. The van der Waals surface area contributed by atoms with E-state index in [1.165, 1.54) is 0 Å². The van der Waals surface area contributed by atoms with Gasteiger partial charge in [-0.2, -0.15) is 0 Å². The number of hydrogen-bond acceptors (Lipinski definition) is 4. The molecule has 0 fully saturated rings. The summed E-state index contributed by atoms with van der Waals surface area (Å²) in [7, 11) is 0. The van der Waals surface area contributed by atoms with Crippen LogP contribution in [0.15, 0.2) is 72.8 Å². The van der Waals surface area contributed by atoms with Gasteiger partial charge >= 0.3 is 0 Å². The van der Waals surface area contributed by atoms with Crippen molar-refractivity contribution in [1.82, 2.24) is 4.90 Å². The molecule has 3 aromatic carbocycles. The third kappa shape index (κ3) is 6.48. The van der Waals surface area contributed by atoms with Crippen molar-refractivity contribution in [3.05, 3.63) is 88.9 Å². The molecule has 40 heavy (non-hydrogen) atoms. The van der Waals surface area contributed by atoms with Crippen LogP contribution in [-0.2, 0) is 9.59 Å². The first kappa shape index (κ1) is 29.2. The van der Waals surface area contributed by atoms with Crippen molar-refractivity contribution in [2.24, 2.45) is 0 Å². The number of carbonyl (C=O) groups excluding carboxylic acids is 3. The second-order valence-electron chi connectivity index (χ2n) is 10.0. The van der Waals surface area contributed by atoms with Crippen molar-refractivity contribution in [1.29, 1.82) is 0 Å². The normalized spacial score (nSPS) is 16.2. The van der Waals surface area contributed by atoms with E-state index in [9.17, 15) is 14.4 Å². The number of ether oxygens (including phenoxy) is 1. The summed E-state index contributed by atoms with van der Waals surface area (Å²) in [6, 6.07) is 21.8. The molecule has 3 aromatic rings. The van der Waals surface area contributed by atoms with Gasteiger partial charge in [0.25, 0.3) is 5.91 Å². The number of amides is 3.